The summed E-state index contributed by atoms with van der Waals surface area (Å²) in [4.78, 5) is 14.0. The van der Waals surface area contributed by atoms with Crippen molar-refractivity contribution in [2.45, 2.75) is 9.79 Å². The molecule has 1 heterocycles. The summed E-state index contributed by atoms with van der Waals surface area (Å²) in [5, 5.41) is 31.9. The highest BCUT2D eigenvalue weighted by Crippen LogP contribution is 2.48. The number of rotatable bonds is 5. The lowest BCUT2D eigenvalue weighted by Gasteiger charge is -2.11. The molecule has 3 aromatic carbocycles. The monoisotopic (exact) mass is 438 g/mol. The van der Waals surface area contributed by atoms with Gasteiger partial charge < -0.3 is 14.6 Å². The van der Waals surface area contributed by atoms with Gasteiger partial charge in [-0.15, -0.1) is 0 Å². The van der Waals surface area contributed by atoms with Gasteiger partial charge in [0.15, 0.2) is 11.5 Å². The van der Waals surface area contributed by atoms with E-state index in [1.54, 1.807) is 36.4 Å². The Kier molecular flexibility index (Phi) is 4.91. The Bertz CT molecular complexity index is 1380. The zero-order valence-corrected chi connectivity index (χ0v) is 16.5. The smallest absolute Gasteiger partial charge is 0.328 e. The van der Waals surface area contributed by atoms with E-state index in [4.69, 9.17) is 4.42 Å². The predicted octanol–water partition coefficient (Wildman–Crippen LogP) is 4.16. The number of aromatic hydroxyl groups is 2. The Morgan fingerprint density at radius 2 is 1.58 bits per heavy atom. The molecule has 2 N–H and O–H groups in total. The van der Waals surface area contributed by atoms with Crippen molar-refractivity contribution in [1.82, 2.24) is 4.98 Å². The van der Waals surface area contributed by atoms with E-state index >= 15 is 0 Å². The molecule has 0 aliphatic heterocycles. The number of nitrogens with zero attached hydrogens (tertiary/aromatic N) is 2. The van der Waals surface area contributed by atoms with Crippen LogP contribution in [-0.4, -0.2) is 28.5 Å². The van der Waals surface area contributed by atoms with Crippen molar-refractivity contribution in [3.8, 4) is 34.3 Å². The van der Waals surface area contributed by atoms with Crippen LogP contribution in [0.4, 0.5) is 5.69 Å². The largest absolute Gasteiger partial charge is 0.504 e. The van der Waals surface area contributed by atoms with Crippen LogP contribution in [0.15, 0.2) is 87.1 Å². The van der Waals surface area contributed by atoms with Crippen molar-refractivity contribution in [1.29, 1.82) is 0 Å². The molecule has 0 unspecified atom stereocenters. The Hall–Kier alpha value is -4.18. The first kappa shape index (κ1) is 20.1. The number of hydrogen-bond donors (Lipinski definition) is 2. The molecule has 4 rings (SSSR count). The lowest BCUT2D eigenvalue weighted by molar-refractivity contribution is -0.385. The topological polar surface area (TPSA) is 144 Å². The summed E-state index contributed by atoms with van der Waals surface area (Å²) in [6, 6.07) is 16.6. The maximum atomic E-state index is 13.3. The van der Waals surface area contributed by atoms with Gasteiger partial charge in [-0.25, -0.2) is 13.4 Å². The SMILES string of the molecule is O=[N+]([O-])c1c(O)c(O)cc(S(=O)(=O)c2ccccc2)c1-c1ncc(-c2ccccc2)o1. The van der Waals surface area contributed by atoms with Crippen molar-refractivity contribution in [3.63, 3.8) is 0 Å². The van der Waals surface area contributed by atoms with Gasteiger partial charge in [-0.05, 0) is 12.1 Å². The van der Waals surface area contributed by atoms with Crippen LogP contribution >= 0.6 is 0 Å². The molecule has 0 amide bonds. The molecule has 0 aliphatic carbocycles. The summed E-state index contributed by atoms with van der Waals surface area (Å²) in [6.07, 6.45) is 1.29. The molecule has 0 fully saturated rings. The first-order valence-electron chi connectivity index (χ1n) is 8.85. The highest BCUT2D eigenvalue weighted by Gasteiger charge is 2.36. The number of sulfone groups is 1. The van der Waals surface area contributed by atoms with Gasteiger partial charge in [0.2, 0.25) is 21.5 Å². The van der Waals surface area contributed by atoms with Crippen LogP contribution in [0.1, 0.15) is 0 Å². The summed E-state index contributed by atoms with van der Waals surface area (Å²) in [6.45, 7) is 0. The number of oxazole rings is 1. The lowest BCUT2D eigenvalue weighted by Crippen LogP contribution is -2.06. The normalized spacial score (nSPS) is 11.4. The van der Waals surface area contributed by atoms with Crippen LogP contribution in [0.5, 0.6) is 11.5 Å². The van der Waals surface area contributed by atoms with Crippen LogP contribution in [-0.2, 0) is 9.84 Å². The second-order valence-electron chi connectivity index (χ2n) is 6.44. The molecule has 9 nitrogen and oxygen atoms in total. The van der Waals surface area contributed by atoms with Crippen molar-refractivity contribution < 1.29 is 28.0 Å². The third kappa shape index (κ3) is 3.49. The Morgan fingerprint density at radius 1 is 0.968 bits per heavy atom. The Balaban J connectivity index is 2.03. The standard InChI is InChI=1S/C21H14N2O7S/c24-15-11-17(31(28,29)14-9-5-2-6-10-14)18(19(20(15)25)23(26)27)21-22-12-16(30-21)13-7-3-1-4-8-13/h1-12,24-25H. The van der Waals surface area contributed by atoms with Crippen LogP contribution in [0.3, 0.4) is 0 Å². The molecule has 0 bridgehead atoms. The average Bonchev–Trinajstić information content (AvgIpc) is 3.26. The molecule has 1 aromatic heterocycles. The zero-order chi connectivity index (χ0) is 22.2. The van der Waals surface area contributed by atoms with Gasteiger partial charge in [0, 0.05) is 11.6 Å². The number of phenolic OH excluding ortho intramolecular Hbond substituents is 2. The van der Waals surface area contributed by atoms with Gasteiger partial charge in [-0.1, -0.05) is 48.5 Å². The highest BCUT2D eigenvalue weighted by atomic mass is 32.2. The number of aromatic nitrogens is 1. The van der Waals surface area contributed by atoms with Crippen molar-refractivity contribution in [3.05, 3.63) is 83.0 Å². The van der Waals surface area contributed by atoms with E-state index in [1.165, 1.54) is 30.5 Å². The quantitative estimate of drug-likeness (QED) is 0.268. The maximum Gasteiger partial charge on any atom is 0.328 e. The van der Waals surface area contributed by atoms with Gasteiger partial charge in [-0.2, -0.15) is 0 Å². The molecule has 0 saturated heterocycles. The number of hydrogen-bond acceptors (Lipinski definition) is 8. The van der Waals surface area contributed by atoms with Gasteiger partial charge >= 0.3 is 5.69 Å². The van der Waals surface area contributed by atoms with E-state index in [0.717, 1.165) is 6.07 Å². The minimum Gasteiger partial charge on any atom is -0.504 e. The summed E-state index contributed by atoms with van der Waals surface area (Å²) in [7, 11) is -4.34. The van der Waals surface area contributed by atoms with Gasteiger partial charge in [-0.3, -0.25) is 10.1 Å². The summed E-state index contributed by atoms with van der Waals surface area (Å²) in [5.74, 6) is -2.21. The van der Waals surface area contributed by atoms with Crippen LogP contribution < -0.4 is 0 Å². The van der Waals surface area contributed by atoms with Crippen molar-refractivity contribution in [2.75, 3.05) is 0 Å². The van der Waals surface area contributed by atoms with Gasteiger partial charge in [0.05, 0.1) is 20.9 Å². The van der Waals surface area contributed by atoms with Gasteiger partial charge in [0.25, 0.3) is 0 Å². The Labute approximate surface area is 175 Å². The predicted molar refractivity (Wildman–Crippen MR) is 109 cm³/mol. The van der Waals surface area contributed by atoms with E-state index in [2.05, 4.69) is 4.98 Å². The van der Waals surface area contributed by atoms with E-state index in [9.17, 15) is 28.7 Å². The third-order valence-electron chi connectivity index (χ3n) is 4.52. The number of benzene rings is 3. The molecule has 0 aliphatic rings. The molecular weight excluding hydrogens is 424 g/mol. The minimum absolute atomic E-state index is 0.162. The molecule has 10 heteroatoms. The van der Waals surface area contributed by atoms with Crippen molar-refractivity contribution in [2.24, 2.45) is 0 Å². The fourth-order valence-electron chi connectivity index (χ4n) is 3.07. The third-order valence-corrected chi connectivity index (χ3v) is 6.32. The first-order chi connectivity index (χ1) is 14.8. The molecule has 31 heavy (non-hydrogen) atoms. The molecule has 4 aromatic rings. The molecule has 156 valence electrons. The minimum atomic E-state index is -4.34. The number of nitro benzene ring substituents is 1. The summed E-state index contributed by atoms with van der Waals surface area (Å²) >= 11 is 0. The number of nitro groups is 1. The fourth-order valence-corrected chi connectivity index (χ4v) is 4.56. The molecule has 0 saturated carbocycles. The fraction of sp³-hybridized carbons (Fsp3) is 0. The van der Waals surface area contributed by atoms with Crippen LogP contribution in [0.25, 0.3) is 22.8 Å². The van der Waals surface area contributed by atoms with E-state index in [1.807, 2.05) is 0 Å². The number of phenols is 2. The second-order valence-corrected chi connectivity index (χ2v) is 8.35. The van der Waals surface area contributed by atoms with Crippen LogP contribution in [0, 0.1) is 10.1 Å². The maximum absolute atomic E-state index is 13.3. The first-order valence-corrected chi connectivity index (χ1v) is 10.3. The summed E-state index contributed by atoms with van der Waals surface area (Å²) in [5.41, 5.74) is -0.985. The second kappa shape index (κ2) is 7.58. The Morgan fingerprint density at radius 3 is 2.19 bits per heavy atom. The van der Waals surface area contributed by atoms with Crippen LogP contribution in [0.2, 0.25) is 0 Å². The molecule has 0 radical (unpaired) electrons. The summed E-state index contributed by atoms with van der Waals surface area (Å²) < 4.78 is 32.2. The molecular formula is C21H14N2O7S. The molecule has 0 atom stereocenters. The highest BCUT2D eigenvalue weighted by molar-refractivity contribution is 7.91. The van der Waals surface area contributed by atoms with Gasteiger partial charge in [0.1, 0.15) is 5.56 Å². The average molecular weight is 438 g/mol. The van der Waals surface area contributed by atoms with E-state index in [0.29, 0.717) is 5.56 Å². The lowest BCUT2D eigenvalue weighted by atomic mass is 10.1. The van der Waals surface area contributed by atoms with E-state index in [-0.39, 0.29) is 10.7 Å². The van der Waals surface area contributed by atoms with E-state index < -0.39 is 48.3 Å². The zero-order valence-electron chi connectivity index (χ0n) is 15.7. The molecule has 0 spiro atoms. The van der Waals surface area contributed by atoms with Crippen molar-refractivity contribution >= 4 is 15.5 Å².